The van der Waals surface area contributed by atoms with E-state index in [0.29, 0.717) is 18.0 Å². The largest absolute Gasteiger partial charge is 0.359 e. The van der Waals surface area contributed by atoms with Crippen LogP contribution >= 0.6 is 0 Å². The summed E-state index contributed by atoms with van der Waals surface area (Å²) in [6.07, 6.45) is 0.647. The highest BCUT2D eigenvalue weighted by Crippen LogP contribution is 2.39. The van der Waals surface area contributed by atoms with E-state index in [1.807, 2.05) is 19.0 Å². The van der Waals surface area contributed by atoms with Crippen molar-refractivity contribution < 1.29 is 13.0 Å². The van der Waals surface area contributed by atoms with E-state index in [4.69, 9.17) is 0 Å². The monoisotopic (exact) mass is 384 g/mol. The summed E-state index contributed by atoms with van der Waals surface area (Å²) >= 11 is 0. The highest BCUT2D eigenvalue weighted by molar-refractivity contribution is 7.87. The number of benzene rings is 1. The summed E-state index contributed by atoms with van der Waals surface area (Å²) in [5.74, 6) is 0.658. The number of nitrogens with zero attached hydrogens (tertiary/aromatic N) is 2. The molecule has 0 spiro atoms. The van der Waals surface area contributed by atoms with Gasteiger partial charge in [-0.25, -0.2) is 4.31 Å². The Morgan fingerprint density at radius 2 is 1.35 bits per heavy atom. The second kappa shape index (κ2) is 9.20. The third kappa shape index (κ3) is 5.96. The zero-order valence-corrected chi connectivity index (χ0v) is 18.4. The van der Waals surface area contributed by atoms with Crippen LogP contribution in [0.25, 0.3) is 0 Å². The first-order chi connectivity index (χ1) is 11.9. The van der Waals surface area contributed by atoms with Crippen LogP contribution in [0.2, 0.25) is 0 Å². The molecule has 1 rings (SSSR count). The van der Waals surface area contributed by atoms with E-state index in [0.717, 1.165) is 17.7 Å². The molecule has 0 bridgehead atoms. The van der Waals surface area contributed by atoms with Crippen LogP contribution in [0.15, 0.2) is 12.1 Å². The van der Waals surface area contributed by atoms with Gasteiger partial charge in [-0.05, 0) is 61.5 Å². The predicted octanol–water partition coefficient (Wildman–Crippen LogP) is 4.62. The van der Waals surface area contributed by atoms with Gasteiger partial charge in [0.2, 0.25) is 0 Å². The second-order valence-electron chi connectivity index (χ2n) is 8.22. The molecule has 0 aliphatic heterocycles. The average molecular weight is 385 g/mol. The standard InChI is InChI=1S/C20H36N2O3S/c1-14(2)17-12-18(15(3)4)20(19(13-17)16(5)6)22(26(23,24)25)11-9-10-21(7)8/h12-16H,9-11H2,1-8H3,(H,23,24,25). The quantitative estimate of drug-likeness (QED) is 0.631. The number of hydrogen-bond acceptors (Lipinski definition) is 3. The maximum absolute atomic E-state index is 12.2. The van der Waals surface area contributed by atoms with Crippen molar-refractivity contribution in [1.29, 1.82) is 0 Å². The van der Waals surface area contributed by atoms with Crippen molar-refractivity contribution >= 4 is 16.0 Å². The third-order valence-corrected chi connectivity index (χ3v) is 5.52. The minimum Gasteiger partial charge on any atom is -0.309 e. The molecule has 0 saturated carbocycles. The average Bonchev–Trinajstić information content (AvgIpc) is 2.48. The Hall–Kier alpha value is -1.11. The van der Waals surface area contributed by atoms with E-state index < -0.39 is 10.3 Å². The summed E-state index contributed by atoms with van der Waals surface area (Å²) in [6.45, 7) is 13.6. The molecule has 6 heteroatoms. The van der Waals surface area contributed by atoms with Crippen molar-refractivity contribution in [2.75, 3.05) is 31.5 Å². The van der Waals surface area contributed by atoms with Gasteiger partial charge in [0.25, 0.3) is 0 Å². The molecule has 1 N–H and O–H groups in total. The van der Waals surface area contributed by atoms with Crippen molar-refractivity contribution in [2.24, 2.45) is 0 Å². The molecule has 0 aliphatic carbocycles. The Morgan fingerprint density at radius 3 is 1.65 bits per heavy atom. The summed E-state index contributed by atoms with van der Waals surface area (Å²) in [7, 11) is -0.441. The fourth-order valence-electron chi connectivity index (χ4n) is 3.08. The summed E-state index contributed by atoms with van der Waals surface area (Å²) in [6, 6.07) is 4.20. The van der Waals surface area contributed by atoms with Crippen molar-refractivity contribution in [2.45, 2.75) is 65.7 Å². The van der Waals surface area contributed by atoms with E-state index >= 15 is 0 Å². The molecule has 0 fully saturated rings. The highest BCUT2D eigenvalue weighted by atomic mass is 32.2. The molecule has 1 aromatic carbocycles. The third-order valence-electron chi connectivity index (χ3n) is 4.60. The lowest BCUT2D eigenvalue weighted by atomic mass is 9.87. The van der Waals surface area contributed by atoms with E-state index in [-0.39, 0.29) is 18.4 Å². The summed E-state index contributed by atoms with van der Waals surface area (Å²) in [5, 5.41) is 0. The summed E-state index contributed by atoms with van der Waals surface area (Å²) in [4.78, 5) is 2.01. The first-order valence-corrected chi connectivity index (χ1v) is 10.8. The van der Waals surface area contributed by atoms with Gasteiger partial charge in [0.1, 0.15) is 0 Å². The van der Waals surface area contributed by atoms with Crippen LogP contribution in [0, 0.1) is 0 Å². The molecule has 0 heterocycles. The van der Waals surface area contributed by atoms with Crippen LogP contribution in [-0.4, -0.2) is 45.1 Å². The van der Waals surface area contributed by atoms with E-state index in [2.05, 4.69) is 53.7 Å². The molecular formula is C20H36N2O3S. The first kappa shape index (κ1) is 22.9. The Morgan fingerprint density at radius 1 is 0.885 bits per heavy atom. The van der Waals surface area contributed by atoms with Crippen molar-refractivity contribution in [3.05, 3.63) is 28.8 Å². The van der Waals surface area contributed by atoms with E-state index in [1.54, 1.807) is 0 Å². The lowest BCUT2D eigenvalue weighted by molar-refractivity contribution is 0.400. The fourth-order valence-corrected chi connectivity index (χ4v) is 3.88. The van der Waals surface area contributed by atoms with Gasteiger partial charge in [0.15, 0.2) is 0 Å². The molecule has 150 valence electrons. The van der Waals surface area contributed by atoms with Gasteiger partial charge < -0.3 is 4.90 Å². The van der Waals surface area contributed by atoms with Gasteiger partial charge in [-0.1, -0.05) is 53.7 Å². The zero-order valence-electron chi connectivity index (χ0n) is 17.6. The smallest absolute Gasteiger partial charge is 0.309 e. The Kier molecular flexibility index (Phi) is 8.11. The van der Waals surface area contributed by atoms with Crippen LogP contribution in [0.5, 0.6) is 0 Å². The molecule has 5 nitrogen and oxygen atoms in total. The Balaban J connectivity index is 3.61. The van der Waals surface area contributed by atoms with Gasteiger partial charge in [-0.2, -0.15) is 8.42 Å². The number of anilines is 1. The minimum atomic E-state index is -4.35. The lowest BCUT2D eigenvalue weighted by Gasteiger charge is -2.30. The van der Waals surface area contributed by atoms with Crippen LogP contribution in [-0.2, 0) is 10.3 Å². The highest BCUT2D eigenvalue weighted by Gasteiger charge is 2.28. The van der Waals surface area contributed by atoms with Gasteiger partial charge in [0.05, 0.1) is 5.69 Å². The van der Waals surface area contributed by atoms with E-state index in [1.165, 1.54) is 9.87 Å². The molecule has 0 amide bonds. The SMILES string of the molecule is CC(C)c1cc(C(C)C)c(N(CCCN(C)C)S(=O)(=O)O)c(C(C)C)c1. The maximum Gasteiger partial charge on any atom is 0.359 e. The molecule has 1 aromatic rings. The Bertz CT molecular complexity index is 666. The molecule has 0 atom stereocenters. The second-order valence-corrected chi connectivity index (χ2v) is 9.56. The molecule has 0 unspecified atom stereocenters. The van der Waals surface area contributed by atoms with Crippen molar-refractivity contribution in [1.82, 2.24) is 4.90 Å². The van der Waals surface area contributed by atoms with Crippen LogP contribution in [0.3, 0.4) is 0 Å². The molecule has 0 saturated heterocycles. The molecule has 0 aromatic heterocycles. The summed E-state index contributed by atoms with van der Waals surface area (Å²) in [5.41, 5.74) is 3.80. The van der Waals surface area contributed by atoms with Gasteiger partial charge >= 0.3 is 10.3 Å². The van der Waals surface area contributed by atoms with Gasteiger partial charge in [-0.15, -0.1) is 0 Å². The van der Waals surface area contributed by atoms with Gasteiger partial charge in [0, 0.05) is 6.54 Å². The Labute approximate surface area is 160 Å². The molecular weight excluding hydrogens is 348 g/mol. The molecule has 0 radical (unpaired) electrons. The van der Waals surface area contributed by atoms with Crippen molar-refractivity contribution in [3.63, 3.8) is 0 Å². The van der Waals surface area contributed by atoms with Crippen molar-refractivity contribution in [3.8, 4) is 0 Å². The molecule has 0 aliphatic rings. The first-order valence-electron chi connectivity index (χ1n) is 9.43. The number of rotatable bonds is 9. The van der Waals surface area contributed by atoms with E-state index in [9.17, 15) is 13.0 Å². The normalized spacial score (nSPS) is 12.7. The lowest BCUT2D eigenvalue weighted by Crippen LogP contribution is -2.35. The predicted molar refractivity (Wildman–Crippen MR) is 111 cm³/mol. The zero-order chi connectivity index (χ0) is 20.2. The molecule has 26 heavy (non-hydrogen) atoms. The minimum absolute atomic E-state index is 0.152. The number of hydrogen-bond donors (Lipinski definition) is 1. The van der Waals surface area contributed by atoms with Crippen LogP contribution < -0.4 is 4.31 Å². The topological polar surface area (TPSA) is 60.9 Å². The maximum atomic E-state index is 12.2. The van der Waals surface area contributed by atoms with Crippen LogP contribution in [0.4, 0.5) is 5.69 Å². The van der Waals surface area contributed by atoms with Gasteiger partial charge in [-0.3, -0.25) is 4.55 Å². The van der Waals surface area contributed by atoms with Crippen LogP contribution in [0.1, 0.15) is 82.4 Å². The summed E-state index contributed by atoms with van der Waals surface area (Å²) < 4.78 is 35.7. The fraction of sp³-hybridized carbons (Fsp3) is 0.700.